The summed E-state index contributed by atoms with van der Waals surface area (Å²) in [5, 5.41) is 30.5. The Morgan fingerprint density at radius 1 is 0.742 bits per heavy atom. The Labute approximate surface area is 372 Å². The first-order valence-corrected chi connectivity index (χ1v) is 24.1. The zero-order chi connectivity index (χ0) is 46.2. The van der Waals surface area contributed by atoms with Gasteiger partial charge in [0.25, 0.3) is 7.82 Å². The number of nitrogens with zero attached hydrogens (tertiary/aromatic N) is 1. The van der Waals surface area contributed by atoms with E-state index in [-0.39, 0.29) is 32.3 Å². The fraction of sp³-hybridized carbons (Fsp3) is 0.667. The van der Waals surface area contributed by atoms with Gasteiger partial charge in [-0.25, -0.2) is 0 Å². The number of unbranched alkanes of at least 4 members (excludes halogenated alkanes) is 7. The minimum Gasteiger partial charge on any atom is -0.756 e. The molecule has 1 aromatic heterocycles. The molecule has 0 fully saturated rings. The molecule has 0 amide bonds. The first kappa shape index (κ1) is 56.9. The van der Waals surface area contributed by atoms with Gasteiger partial charge in [-0.1, -0.05) is 113 Å². The van der Waals surface area contributed by atoms with E-state index in [4.69, 9.17) is 22.9 Å². The van der Waals surface area contributed by atoms with Crippen molar-refractivity contribution in [2.24, 2.45) is 0 Å². The first-order valence-electron chi connectivity index (χ1n) is 22.7. The average molecular weight is 894 g/mol. The third-order valence-electron chi connectivity index (χ3n) is 10.1. The standard InChI is InChI=1S/C48H80NO12P/c1-8-10-20-27-41(50)28-22-16-12-13-17-23-29-43(51)44(52)30-26-34-47(53)57-37-42(38-59-62(55,56)58-36-35-49(5,6)7)60-48(54)33-25-19-15-14-18-24-32-46-40(4)39(3)45(61-46)31-21-11-9-2/h10,12-13,16-17,20,22-23,28-29,41-44,50-52H,8-9,11,14-15,18-19,21,24-27,30-38H2,1-7H3/b16-12+,17-13-,20-10-,28-22+,29-23-/t41-,42-,43+,44+/m1/s1. The molecule has 354 valence electrons. The Morgan fingerprint density at radius 2 is 1.32 bits per heavy atom. The van der Waals surface area contributed by atoms with Crippen molar-refractivity contribution < 1.29 is 61.8 Å². The van der Waals surface area contributed by atoms with Gasteiger partial charge in [-0.2, -0.15) is 0 Å². The molecule has 14 heteroatoms. The number of rotatable bonds is 36. The van der Waals surface area contributed by atoms with Crippen LogP contribution in [-0.4, -0.2) is 104 Å². The van der Waals surface area contributed by atoms with Crippen LogP contribution < -0.4 is 4.89 Å². The molecule has 1 rings (SSSR count). The van der Waals surface area contributed by atoms with Crippen molar-refractivity contribution in [2.75, 3.05) is 47.5 Å². The van der Waals surface area contributed by atoms with E-state index < -0.39 is 57.4 Å². The molecule has 1 heterocycles. The van der Waals surface area contributed by atoms with Gasteiger partial charge in [-0.05, 0) is 69.9 Å². The molecule has 0 aliphatic carbocycles. The lowest BCUT2D eigenvalue weighted by Crippen LogP contribution is -2.37. The van der Waals surface area contributed by atoms with Gasteiger partial charge >= 0.3 is 11.9 Å². The van der Waals surface area contributed by atoms with Crippen molar-refractivity contribution in [3.8, 4) is 0 Å². The average Bonchev–Trinajstić information content (AvgIpc) is 3.48. The number of phosphoric ester groups is 1. The van der Waals surface area contributed by atoms with Gasteiger partial charge in [0.1, 0.15) is 31.3 Å². The Morgan fingerprint density at radius 3 is 1.95 bits per heavy atom. The molecule has 5 atom stereocenters. The lowest BCUT2D eigenvalue weighted by atomic mass is 10.0. The predicted octanol–water partition coefficient (Wildman–Crippen LogP) is 8.40. The maximum atomic E-state index is 12.8. The molecular formula is C48H80NO12P. The highest BCUT2D eigenvalue weighted by molar-refractivity contribution is 7.45. The lowest BCUT2D eigenvalue weighted by molar-refractivity contribution is -0.870. The van der Waals surface area contributed by atoms with E-state index in [1.165, 1.54) is 30.0 Å². The molecule has 0 bridgehead atoms. The lowest BCUT2D eigenvalue weighted by Gasteiger charge is -2.28. The SMILES string of the molecule is CC/C=C\C[C@@H](O)/C=C/C=C/C=C\C=C/[C@H](O)[C@@H](O)CCCC(=O)OC[C@H](COP(=O)([O-])OCC[N+](C)(C)C)OC(=O)CCCCCCCCc1oc(CCCCC)c(C)c1C. The van der Waals surface area contributed by atoms with E-state index in [9.17, 15) is 34.4 Å². The van der Waals surface area contributed by atoms with Crippen LogP contribution in [0.1, 0.15) is 133 Å². The minimum atomic E-state index is -4.73. The highest BCUT2D eigenvalue weighted by Crippen LogP contribution is 2.38. The van der Waals surface area contributed by atoms with E-state index in [0.29, 0.717) is 23.9 Å². The van der Waals surface area contributed by atoms with Crippen LogP contribution in [0.3, 0.4) is 0 Å². The van der Waals surface area contributed by atoms with E-state index in [0.717, 1.165) is 69.3 Å². The number of allylic oxidation sites excluding steroid dienone is 7. The van der Waals surface area contributed by atoms with Crippen molar-refractivity contribution >= 4 is 19.8 Å². The highest BCUT2D eigenvalue weighted by Gasteiger charge is 2.22. The van der Waals surface area contributed by atoms with Crippen LogP contribution in [0.15, 0.2) is 65.2 Å². The Bertz CT molecular complexity index is 1570. The number of quaternary nitrogens is 1. The third-order valence-corrected chi connectivity index (χ3v) is 11.1. The highest BCUT2D eigenvalue weighted by atomic mass is 31.2. The molecule has 0 aliphatic heterocycles. The molecule has 62 heavy (non-hydrogen) atoms. The Kier molecular flexibility index (Phi) is 30.6. The number of aliphatic hydroxyl groups excluding tert-OH is 3. The number of carbonyl (C=O) groups excluding carboxylic acids is 2. The number of hydrogen-bond acceptors (Lipinski definition) is 12. The number of phosphoric acid groups is 1. The normalized spacial score (nSPS) is 15.6. The van der Waals surface area contributed by atoms with Crippen molar-refractivity contribution in [3.05, 3.63) is 83.4 Å². The van der Waals surface area contributed by atoms with Crippen LogP contribution in [0.25, 0.3) is 0 Å². The maximum Gasteiger partial charge on any atom is 0.306 e. The fourth-order valence-corrected chi connectivity index (χ4v) is 6.84. The summed E-state index contributed by atoms with van der Waals surface area (Å²) in [6.45, 7) is 7.82. The molecule has 0 aromatic carbocycles. The van der Waals surface area contributed by atoms with Gasteiger partial charge in [-0.3, -0.25) is 14.2 Å². The molecule has 1 aromatic rings. The molecule has 1 unspecified atom stereocenters. The number of likely N-dealkylation sites (N-methyl/N-ethyl adjacent to an activating group) is 1. The number of esters is 2. The molecule has 0 aliphatic rings. The van der Waals surface area contributed by atoms with Gasteiger partial charge in [0.05, 0.1) is 46.1 Å². The number of aryl methyl sites for hydroxylation is 2. The summed E-state index contributed by atoms with van der Waals surface area (Å²) in [7, 11) is 0.935. The summed E-state index contributed by atoms with van der Waals surface area (Å²) in [5.74, 6) is 1.01. The monoisotopic (exact) mass is 894 g/mol. The second kappa shape index (κ2) is 33.4. The van der Waals surface area contributed by atoms with Crippen LogP contribution in [-0.2, 0) is 45.5 Å². The Balaban J connectivity index is 2.53. The topological polar surface area (TPSA) is 185 Å². The summed E-state index contributed by atoms with van der Waals surface area (Å²) in [6.07, 6.45) is 26.1. The van der Waals surface area contributed by atoms with Gasteiger partial charge in [0.2, 0.25) is 0 Å². The first-order chi connectivity index (χ1) is 29.5. The number of aliphatic hydroxyl groups is 3. The van der Waals surface area contributed by atoms with Crippen LogP contribution in [0.5, 0.6) is 0 Å². The second-order valence-corrected chi connectivity index (χ2v) is 18.2. The van der Waals surface area contributed by atoms with Crippen molar-refractivity contribution in [2.45, 2.75) is 161 Å². The maximum absolute atomic E-state index is 12.8. The van der Waals surface area contributed by atoms with E-state index in [1.54, 1.807) is 42.5 Å². The summed E-state index contributed by atoms with van der Waals surface area (Å²) >= 11 is 0. The Hall–Kier alpha value is -3.13. The molecular weight excluding hydrogens is 813 g/mol. The molecule has 0 spiro atoms. The molecule has 0 radical (unpaired) electrons. The fourth-order valence-electron chi connectivity index (χ4n) is 6.11. The van der Waals surface area contributed by atoms with Gasteiger partial charge < -0.3 is 47.6 Å². The summed E-state index contributed by atoms with van der Waals surface area (Å²) in [4.78, 5) is 37.8. The van der Waals surface area contributed by atoms with E-state index in [2.05, 4.69) is 20.8 Å². The number of ether oxygens (including phenoxy) is 2. The number of furan rings is 1. The van der Waals surface area contributed by atoms with Crippen molar-refractivity contribution in [1.82, 2.24) is 0 Å². The van der Waals surface area contributed by atoms with Gasteiger partial charge in [0, 0.05) is 25.7 Å². The number of hydrogen-bond donors (Lipinski definition) is 3. The zero-order valence-electron chi connectivity index (χ0n) is 38.8. The second-order valence-electron chi connectivity index (χ2n) is 16.8. The summed E-state index contributed by atoms with van der Waals surface area (Å²) in [5.41, 5.74) is 2.55. The van der Waals surface area contributed by atoms with Crippen molar-refractivity contribution in [3.63, 3.8) is 0 Å². The van der Waals surface area contributed by atoms with Crippen molar-refractivity contribution in [1.29, 1.82) is 0 Å². The van der Waals surface area contributed by atoms with Gasteiger partial charge in [-0.15, -0.1) is 0 Å². The largest absolute Gasteiger partial charge is 0.756 e. The van der Waals surface area contributed by atoms with Crippen LogP contribution in [0, 0.1) is 13.8 Å². The quantitative estimate of drug-likeness (QED) is 0.0146. The van der Waals surface area contributed by atoms with E-state index >= 15 is 0 Å². The summed E-state index contributed by atoms with van der Waals surface area (Å²) < 4.78 is 39.9. The van der Waals surface area contributed by atoms with Crippen LogP contribution in [0.2, 0.25) is 0 Å². The molecule has 13 nitrogen and oxygen atoms in total. The molecule has 0 saturated heterocycles. The molecule has 0 saturated carbocycles. The molecule has 3 N–H and O–H groups in total. The summed E-state index contributed by atoms with van der Waals surface area (Å²) in [6, 6.07) is 0. The third kappa shape index (κ3) is 29.3. The minimum absolute atomic E-state index is 0.0914. The number of carbonyl (C=O) groups is 2. The predicted molar refractivity (Wildman–Crippen MR) is 243 cm³/mol. The van der Waals surface area contributed by atoms with Crippen LogP contribution >= 0.6 is 7.82 Å². The smallest absolute Gasteiger partial charge is 0.306 e. The van der Waals surface area contributed by atoms with Gasteiger partial charge in [0.15, 0.2) is 6.10 Å². The zero-order valence-corrected chi connectivity index (χ0v) is 39.7. The van der Waals surface area contributed by atoms with Crippen LogP contribution in [0.4, 0.5) is 0 Å². The van der Waals surface area contributed by atoms with E-state index in [1.807, 2.05) is 40.2 Å².